The molecule has 288 valence electrons. The van der Waals surface area contributed by atoms with Crippen molar-refractivity contribution in [2.75, 3.05) is 91.0 Å². The zero-order valence-electron chi connectivity index (χ0n) is 30.9. The van der Waals surface area contributed by atoms with E-state index in [0.717, 1.165) is 22.3 Å². The van der Waals surface area contributed by atoms with E-state index >= 15 is 0 Å². The van der Waals surface area contributed by atoms with E-state index in [2.05, 4.69) is 17.1 Å². The van der Waals surface area contributed by atoms with Crippen LogP contribution < -0.4 is 5.32 Å². The van der Waals surface area contributed by atoms with Crippen molar-refractivity contribution in [2.24, 2.45) is 5.92 Å². The van der Waals surface area contributed by atoms with Gasteiger partial charge in [0.05, 0.1) is 91.3 Å². The number of amides is 1. The summed E-state index contributed by atoms with van der Waals surface area (Å²) in [5, 5.41) is 12.5. The second kappa shape index (κ2) is 22.0. The van der Waals surface area contributed by atoms with E-state index in [1.165, 1.54) is 6.92 Å². The lowest BCUT2D eigenvalue weighted by Gasteiger charge is -2.43. The molecule has 2 fully saturated rings. The van der Waals surface area contributed by atoms with Gasteiger partial charge in [-0.2, -0.15) is 0 Å². The van der Waals surface area contributed by atoms with Crippen LogP contribution in [-0.4, -0.2) is 114 Å². The number of Topliss-reactive ketones (excluding diaryl/α,β-unsaturated/α-hetero) is 1. The molecule has 3 aromatic rings. The maximum absolute atomic E-state index is 12.9. The first-order chi connectivity index (χ1) is 25.9. The number of rotatable bonds is 9. The Balaban J connectivity index is 1.26. The van der Waals surface area contributed by atoms with Gasteiger partial charge in [-0.1, -0.05) is 67.6 Å². The number of anilines is 1. The van der Waals surface area contributed by atoms with Gasteiger partial charge in [-0.15, -0.1) is 0 Å². The average molecular weight is 735 g/mol. The largest absolute Gasteiger partial charge is 0.392 e. The number of hydrogen-bond donors (Lipinski definition) is 2. The molecule has 2 aliphatic heterocycles. The molecule has 0 aliphatic carbocycles. The van der Waals surface area contributed by atoms with E-state index in [9.17, 15) is 14.7 Å². The Morgan fingerprint density at radius 2 is 1.26 bits per heavy atom. The average Bonchev–Trinajstić information content (AvgIpc) is 3.16. The molecular weight excluding hydrogens is 680 g/mol. The number of carbonyl (C=O) groups excluding carboxylic acids is 2. The van der Waals surface area contributed by atoms with Crippen LogP contribution in [-0.2, 0) is 51.0 Å². The highest BCUT2D eigenvalue weighted by atomic mass is 16.7. The van der Waals surface area contributed by atoms with Gasteiger partial charge < -0.3 is 43.6 Å². The van der Waals surface area contributed by atoms with E-state index in [-0.39, 0.29) is 42.8 Å². The number of nitrogens with one attached hydrogen (secondary N) is 1. The standard InChI is InChI=1S/C41H54N2O10/c1-30-38(28-43-14-16-47-18-20-49-22-24-51-25-23-50-21-19-48-17-15-43)52-41(53-40(30)34-10-8-33(29-44)9-11-34)35-12-6-32(7-13-35)26-39(46)42-37-5-3-4-36(27-37)31(2)45/h3-13,27,30,38,40-41,44H,14-26,28-29H2,1-2H3,(H,42,46). The molecule has 2 N–H and O–H groups in total. The Morgan fingerprint density at radius 3 is 1.83 bits per heavy atom. The van der Waals surface area contributed by atoms with Gasteiger partial charge >= 0.3 is 0 Å². The van der Waals surface area contributed by atoms with Crippen LogP contribution >= 0.6 is 0 Å². The topological polar surface area (TPSA) is 134 Å². The van der Waals surface area contributed by atoms with Gasteiger partial charge in [-0.3, -0.25) is 14.5 Å². The van der Waals surface area contributed by atoms with Crippen molar-refractivity contribution in [3.05, 3.63) is 101 Å². The van der Waals surface area contributed by atoms with Crippen LogP contribution in [0.15, 0.2) is 72.8 Å². The zero-order valence-corrected chi connectivity index (χ0v) is 30.9. The summed E-state index contributed by atoms with van der Waals surface area (Å²) in [6.45, 7) is 10.7. The van der Waals surface area contributed by atoms with Crippen molar-refractivity contribution in [3.63, 3.8) is 0 Å². The predicted octanol–water partition coefficient (Wildman–Crippen LogP) is 4.75. The van der Waals surface area contributed by atoms with Crippen molar-refractivity contribution in [2.45, 2.75) is 45.4 Å². The first-order valence-corrected chi connectivity index (χ1v) is 18.5. The second-order valence-electron chi connectivity index (χ2n) is 13.3. The van der Waals surface area contributed by atoms with Gasteiger partial charge in [-0.25, -0.2) is 0 Å². The summed E-state index contributed by atoms with van der Waals surface area (Å²) in [5.74, 6) is -0.244. The quantitative estimate of drug-likeness (QED) is 0.295. The molecule has 5 rings (SSSR count). The normalized spacial score (nSPS) is 23.4. The number of ether oxygens (including phenoxy) is 7. The molecule has 4 atom stereocenters. The molecule has 0 saturated carbocycles. The highest BCUT2D eigenvalue weighted by molar-refractivity contribution is 5.97. The Labute approximate surface area is 312 Å². The Morgan fingerprint density at radius 1 is 0.717 bits per heavy atom. The third-order valence-electron chi connectivity index (χ3n) is 9.32. The molecule has 2 saturated heterocycles. The number of aliphatic hydroxyl groups is 1. The summed E-state index contributed by atoms with van der Waals surface area (Å²) in [7, 11) is 0. The van der Waals surface area contributed by atoms with Crippen molar-refractivity contribution in [1.29, 1.82) is 0 Å². The maximum Gasteiger partial charge on any atom is 0.228 e. The zero-order chi connectivity index (χ0) is 37.3. The van der Waals surface area contributed by atoms with E-state index < -0.39 is 6.29 Å². The van der Waals surface area contributed by atoms with Gasteiger partial charge in [0.1, 0.15) is 0 Å². The highest BCUT2D eigenvalue weighted by Crippen LogP contribution is 2.42. The summed E-state index contributed by atoms with van der Waals surface area (Å²) >= 11 is 0. The van der Waals surface area contributed by atoms with Crippen LogP contribution in [0.2, 0.25) is 0 Å². The van der Waals surface area contributed by atoms with Crippen molar-refractivity contribution in [3.8, 4) is 0 Å². The maximum atomic E-state index is 12.9. The summed E-state index contributed by atoms with van der Waals surface area (Å²) in [5.41, 5.74) is 4.64. The summed E-state index contributed by atoms with van der Waals surface area (Å²) in [6.07, 6.45) is -0.949. The monoisotopic (exact) mass is 734 g/mol. The van der Waals surface area contributed by atoms with E-state index in [4.69, 9.17) is 33.2 Å². The molecule has 0 radical (unpaired) electrons. The molecule has 0 spiro atoms. The molecule has 2 aliphatic rings. The molecule has 12 nitrogen and oxygen atoms in total. The number of carbonyl (C=O) groups is 2. The minimum Gasteiger partial charge on any atom is -0.392 e. The Hall–Kier alpha value is -3.56. The van der Waals surface area contributed by atoms with Crippen LogP contribution in [0.1, 0.15) is 58.9 Å². The van der Waals surface area contributed by atoms with Crippen molar-refractivity contribution in [1.82, 2.24) is 4.90 Å². The molecule has 12 heteroatoms. The summed E-state index contributed by atoms with van der Waals surface area (Å²) in [6, 6.07) is 22.5. The number of ketones is 1. The van der Waals surface area contributed by atoms with Crippen LogP contribution in [0.3, 0.4) is 0 Å². The molecule has 1 amide bonds. The van der Waals surface area contributed by atoms with Gasteiger partial charge in [0.2, 0.25) is 5.91 Å². The third-order valence-corrected chi connectivity index (χ3v) is 9.32. The van der Waals surface area contributed by atoms with Gasteiger partial charge in [0.25, 0.3) is 0 Å². The van der Waals surface area contributed by atoms with Gasteiger partial charge in [-0.05, 0) is 35.7 Å². The highest BCUT2D eigenvalue weighted by Gasteiger charge is 2.39. The van der Waals surface area contributed by atoms with Gasteiger partial charge in [0.15, 0.2) is 12.1 Å². The fourth-order valence-corrected chi connectivity index (χ4v) is 6.25. The number of hydrogen-bond acceptors (Lipinski definition) is 11. The number of nitrogens with zero attached hydrogens (tertiary/aromatic N) is 1. The lowest BCUT2D eigenvalue weighted by molar-refractivity contribution is -0.276. The third kappa shape index (κ3) is 13.4. The second-order valence-corrected chi connectivity index (χ2v) is 13.3. The first-order valence-electron chi connectivity index (χ1n) is 18.5. The minimum absolute atomic E-state index is 0.00500. The molecule has 0 bridgehead atoms. The minimum atomic E-state index is -0.651. The lowest BCUT2D eigenvalue weighted by atomic mass is 9.90. The Bertz CT molecular complexity index is 1520. The fraction of sp³-hybridized carbons (Fsp3) is 0.512. The van der Waals surface area contributed by atoms with Gasteiger partial charge in [0, 0.05) is 42.4 Å². The SMILES string of the molecule is CC(=O)c1cccc(NC(=O)Cc2ccc(C3OC(CN4CCOCCOCCOCCOCCOCC4)C(C)C(c4ccc(CO)cc4)O3)cc2)c1. The van der Waals surface area contributed by atoms with E-state index in [0.29, 0.717) is 97.0 Å². The Kier molecular flexibility index (Phi) is 16.8. The molecular formula is C41H54N2O10. The van der Waals surface area contributed by atoms with Crippen LogP contribution in [0.4, 0.5) is 5.69 Å². The lowest BCUT2D eigenvalue weighted by Crippen LogP contribution is -2.46. The molecule has 4 unspecified atom stereocenters. The van der Waals surface area contributed by atoms with Crippen molar-refractivity contribution < 1.29 is 47.9 Å². The van der Waals surface area contributed by atoms with E-state index in [1.54, 1.807) is 24.3 Å². The van der Waals surface area contributed by atoms with Crippen LogP contribution in [0, 0.1) is 5.92 Å². The number of aliphatic hydroxyl groups excluding tert-OH is 1. The molecule has 2 heterocycles. The predicted molar refractivity (Wildman–Crippen MR) is 199 cm³/mol. The van der Waals surface area contributed by atoms with Crippen molar-refractivity contribution >= 4 is 17.4 Å². The van der Waals surface area contributed by atoms with Crippen LogP contribution in [0.25, 0.3) is 0 Å². The number of benzene rings is 3. The summed E-state index contributed by atoms with van der Waals surface area (Å²) in [4.78, 5) is 26.9. The summed E-state index contributed by atoms with van der Waals surface area (Å²) < 4.78 is 42.0. The van der Waals surface area contributed by atoms with Crippen LogP contribution in [0.5, 0.6) is 0 Å². The molecule has 53 heavy (non-hydrogen) atoms. The smallest absolute Gasteiger partial charge is 0.228 e. The fourth-order valence-electron chi connectivity index (χ4n) is 6.25. The first kappa shape index (κ1) is 40.6. The van der Waals surface area contributed by atoms with E-state index in [1.807, 2.05) is 48.5 Å². The molecule has 0 aromatic heterocycles. The molecule has 3 aromatic carbocycles.